The van der Waals surface area contributed by atoms with Gasteiger partial charge in [-0.25, -0.2) is 9.59 Å². The molecule has 0 saturated carbocycles. The van der Waals surface area contributed by atoms with Crippen molar-refractivity contribution >= 4 is 18.0 Å². The summed E-state index contributed by atoms with van der Waals surface area (Å²) in [5.41, 5.74) is 1.42. The molecule has 2 aromatic carbocycles. The van der Waals surface area contributed by atoms with Gasteiger partial charge in [0.2, 0.25) is 0 Å². The van der Waals surface area contributed by atoms with Crippen molar-refractivity contribution in [3.63, 3.8) is 0 Å². The minimum Gasteiger partial charge on any atom is -0.479 e. The number of carbonyl (C=O) groups is 3. The van der Waals surface area contributed by atoms with Crippen LogP contribution in [0.5, 0.6) is 0 Å². The van der Waals surface area contributed by atoms with Gasteiger partial charge in [0.1, 0.15) is 12.1 Å². The molecule has 186 valence electrons. The molecule has 1 aliphatic heterocycles. The van der Waals surface area contributed by atoms with Gasteiger partial charge in [0.05, 0.1) is 19.8 Å². The number of morpholine rings is 1. The first-order valence-electron chi connectivity index (χ1n) is 11.5. The lowest BCUT2D eigenvalue weighted by molar-refractivity contribution is -0.179. The van der Waals surface area contributed by atoms with E-state index in [2.05, 4.69) is 17.4 Å². The van der Waals surface area contributed by atoms with Crippen molar-refractivity contribution in [1.82, 2.24) is 10.2 Å². The Morgan fingerprint density at radius 3 is 2.31 bits per heavy atom. The predicted molar refractivity (Wildman–Crippen MR) is 127 cm³/mol. The van der Waals surface area contributed by atoms with E-state index in [1.807, 2.05) is 36.4 Å². The Morgan fingerprint density at radius 1 is 1.14 bits per heavy atom. The Labute approximate surface area is 204 Å². The van der Waals surface area contributed by atoms with Crippen LogP contribution in [0.4, 0.5) is 4.79 Å². The third kappa shape index (κ3) is 4.74. The number of aliphatic carboxylic acids is 1. The number of carboxylic acid groups (broad SMARTS) is 1. The third-order valence-corrected chi connectivity index (χ3v) is 6.64. The summed E-state index contributed by atoms with van der Waals surface area (Å²) < 4.78 is 16.2. The van der Waals surface area contributed by atoms with Crippen LogP contribution < -0.4 is 5.32 Å². The van der Waals surface area contributed by atoms with E-state index >= 15 is 0 Å². The summed E-state index contributed by atoms with van der Waals surface area (Å²) in [7, 11) is 1.42. The first-order chi connectivity index (χ1) is 16.7. The van der Waals surface area contributed by atoms with Crippen LogP contribution in [0.1, 0.15) is 30.9 Å². The first kappa shape index (κ1) is 24.7. The molecule has 0 radical (unpaired) electrons. The van der Waals surface area contributed by atoms with Crippen molar-refractivity contribution in [2.45, 2.75) is 30.9 Å². The molecule has 35 heavy (non-hydrogen) atoms. The maximum Gasteiger partial charge on any atom is 0.408 e. The molecule has 0 spiro atoms. The lowest BCUT2D eigenvalue weighted by Crippen LogP contribution is -2.65. The highest BCUT2D eigenvalue weighted by molar-refractivity contribution is 5.91. The van der Waals surface area contributed by atoms with Crippen molar-refractivity contribution in [2.24, 2.45) is 0 Å². The number of ether oxygens (including phenoxy) is 3. The highest BCUT2D eigenvalue weighted by Gasteiger charge is 2.46. The summed E-state index contributed by atoms with van der Waals surface area (Å²) in [6, 6.07) is 16.0. The molecule has 1 fully saturated rings. The number of alkyl carbamates (subject to hydrolysis) is 1. The van der Waals surface area contributed by atoms with Crippen LogP contribution >= 0.6 is 0 Å². The van der Waals surface area contributed by atoms with E-state index in [1.165, 1.54) is 25.9 Å². The SMILES string of the molecule is COCC(C)(NC(=O)OCC1c2ccccc2-c2ccccc21)C(=O)N1CCOC(C)(C(=O)O)C1. The largest absolute Gasteiger partial charge is 0.479 e. The molecule has 1 heterocycles. The fraction of sp³-hybridized carbons (Fsp3) is 0.423. The fourth-order valence-electron chi connectivity index (χ4n) is 4.82. The van der Waals surface area contributed by atoms with E-state index in [-0.39, 0.29) is 38.8 Å². The van der Waals surface area contributed by atoms with Crippen LogP contribution in [0.15, 0.2) is 48.5 Å². The second-order valence-corrected chi connectivity index (χ2v) is 9.33. The lowest BCUT2D eigenvalue weighted by atomic mass is 9.98. The second kappa shape index (κ2) is 9.67. The molecule has 9 heteroatoms. The Balaban J connectivity index is 1.46. The van der Waals surface area contributed by atoms with Gasteiger partial charge in [-0.05, 0) is 36.1 Å². The fourth-order valence-corrected chi connectivity index (χ4v) is 4.82. The molecule has 0 aromatic heterocycles. The number of methoxy groups -OCH3 is 1. The zero-order valence-corrected chi connectivity index (χ0v) is 20.1. The van der Waals surface area contributed by atoms with E-state index in [4.69, 9.17) is 14.2 Å². The van der Waals surface area contributed by atoms with Crippen LogP contribution in [0.3, 0.4) is 0 Å². The number of amides is 2. The topological polar surface area (TPSA) is 114 Å². The van der Waals surface area contributed by atoms with Gasteiger partial charge in [0, 0.05) is 19.6 Å². The molecule has 2 N–H and O–H groups in total. The van der Waals surface area contributed by atoms with E-state index in [0.29, 0.717) is 0 Å². The zero-order chi connectivity index (χ0) is 25.2. The quantitative estimate of drug-likeness (QED) is 0.624. The average Bonchev–Trinajstić information content (AvgIpc) is 3.16. The zero-order valence-electron chi connectivity index (χ0n) is 20.1. The van der Waals surface area contributed by atoms with E-state index in [1.54, 1.807) is 0 Å². The summed E-state index contributed by atoms with van der Waals surface area (Å²) >= 11 is 0. The summed E-state index contributed by atoms with van der Waals surface area (Å²) in [5, 5.41) is 12.1. The Morgan fingerprint density at radius 2 is 1.74 bits per heavy atom. The van der Waals surface area contributed by atoms with E-state index < -0.39 is 29.1 Å². The second-order valence-electron chi connectivity index (χ2n) is 9.33. The molecule has 2 aliphatic rings. The maximum absolute atomic E-state index is 13.4. The van der Waals surface area contributed by atoms with Gasteiger partial charge in [0.15, 0.2) is 5.60 Å². The normalized spacial score (nSPS) is 20.9. The molecule has 1 aliphatic carbocycles. The Kier molecular flexibility index (Phi) is 6.82. The van der Waals surface area contributed by atoms with Crippen LogP contribution in [-0.4, -0.2) is 79.1 Å². The van der Waals surface area contributed by atoms with Gasteiger partial charge in [0.25, 0.3) is 5.91 Å². The minimum atomic E-state index is -1.52. The highest BCUT2D eigenvalue weighted by atomic mass is 16.6. The van der Waals surface area contributed by atoms with Crippen LogP contribution in [0.25, 0.3) is 11.1 Å². The van der Waals surface area contributed by atoms with Gasteiger partial charge >= 0.3 is 12.1 Å². The highest BCUT2D eigenvalue weighted by Crippen LogP contribution is 2.44. The number of carboxylic acids is 1. The van der Waals surface area contributed by atoms with Crippen molar-refractivity contribution in [3.8, 4) is 11.1 Å². The first-order valence-corrected chi connectivity index (χ1v) is 11.5. The van der Waals surface area contributed by atoms with Crippen molar-refractivity contribution in [3.05, 3.63) is 59.7 Å². The number of fused-ring (bicyclic) bond motifs is 3. The molecule has 2 amide bonds. The smallest absolute Gasteiger partial charge is 0.408 e. The monoisotopic (exact) mass is 482 g/mol. The molecule has 2 unspecified atom stereocenters. The van der Waals surface area contributed by atoms with Crippen LogP contribution in [0.2, 0.25) is 0 Å². The average molecular weight is 483 g/mol. The number of nitrogens with one attached hydrogen (secondary N) is 1. The number of rotatable bonds is 7. The maximum atomic E-state index is 13.4. The van der Waals surface area contributed by atoms with Gasteiger partial charge in [-0.15, -0.1) is 0 Å². The van der Waals surface area contributed by atoms with E-state index in [0.717, 1.165) is 22.3 Å². The Bertz CT molecular complexity index is 1090. The molecule has 9 nitrogen and oxygen atoms in total. The van der Waals surface area contributed by atoms with Gasteiger partial charge in [-0.2, -0.15) is 0 Å². The van der Waals surface area contributed by atoms with E-state index in [9.17, 15) is 19.5 Å². The predicted octanol–water partition coefficient (Wildman–Crippen LogP) is 2.63. The third-order valence-electron chi connectivity index (χ3n) is 6.64. The molecular weight excluding hydrogens is 452 g/mol. The molecular formula is C26H30N2O7. The lowest BCUT2D eigenvalue weighted by Gasteiger charge is -2.41. The molecule has 1 saturated heterocycles. The standard InChI is InChI=1S/C26H30N2O7/c1-25(16-33-3,22(29)28-12-13-35-26(2,15-28)23(30)31)27-24(32)34-14-21-19-10-6-4-8-17(19)18-9-5-7-11-20(18)21/h4-11,21H,12-16H2,1-3H3,(H,27,32)(H,30,31). The molecule has 2 aromatic rings. The van der Waals surface area contributed by atoms with Crippen LogP contribution in [-0.2, 0) is 23.8 Å². The summed E-state index contributed by atoms with van der Waals surface area (Å²) in [5.74, 6) is -1.75. The summed E-state index contributed by atoms with van der Waals surface area (Å²) in [6.07, 6.45) is -0.756. The van der Waals surface area contributed by atoms with Gasteiger partial charge in [-0.3, -0.25) is 4.79 Å². The molecule has 0 bridgehead atoms. The Hall–Kier alpha value is -3.43. The number of benzene rings is 2. The van der Waals surface area contributed by atoms with Gasteiger partial charge in [-0.1, -0.05) is 48.5 Å². The molecule has 2 atom stereocenters. The number of nitrogens with zero attached hydrogens (tertiary/aromatic N) is 1. The molecule has 4 rings (SSSR count). The van der Waals surface area contributed by atoms with Gasteiger partial charge < -0.3 is 29.5 Å². The van der Waals surface area contributed by atoms with Crippen molar-refractivity contribution in [1.29, 1.82) is 0 Å². The van der Waals surface area contributed by atoms with Crippen LogP contribution in [0, 0.1) is 0 Å². The summed E-state index contributed by atoms with van der Waals surface area (Å²) in [6.45, 7) is 3.07. The minimum absolute atomic E-state index is 0.0720. The summed E-state index contributed by atoms with van der Waals surface area (Å²) in [4.78, 5) is 39.2. The number of hydrogen-bond donors (Lipinski definition) is 2. The number of hydrogen-bond acceptors (Lipinski definition) is 6. The van der Waals surface area contributed by atoms with Crippen molar-refractivity contribution in [2.75, 3.05) is 40.0 Å². The van der Waals surface area contributed by atoms with Crippen molar-refractivity contribution < 1.29 is 33.7 Å². The number of carbonyl (C=O) groups excluding carboxylic acids is 2.